The van der Waals surface area contributed by atoms with Gasteiger partial charge in [-0.15, -0.1) is 0 Å². The molecule has 110 valence electrons. The molecule has 0 spiro atoms. The van der Waals surface area contributed by atoms with E-state index in [1.54, 1.807) is 0 Å². The molecule has 0 unspecified atom stereocenters. The summed E-state index contributed by atoms with van der Waals surface area (Å²) in [5.74, 6) is 0.121. The molecule has 2 heteroatoms. The number of fused-ring (bicyclic) bond motifs is 2. The van der Waals surface area contributed by atoms with Gasteiger partial charge in [0.25, 0.3) is 0 Å². The first kappa shape index (κ1) is 13.6. The smallest absolute Gasteiger partial charge is 0.227 e. The molecule has 0 N–H and O–H groups in total. The number of ketones is 1. The monoisotopic (exact) mass is 298 g/mol. The van der Waals surface area contributed by atoms with Gasteiger partial charge >= 0.3 is 0 Å². The van der Waals surface area contributed by atoms with E-state index in [4.69, 9.17) is 0 Å². The van der Waals surface area contributed by atoms with E-state index >= 15 is 0 Å². The molecule has 0 saturated heterocycles. The molecule has 0 aliphatic carbocycles. The number of hydrogen-bond acceptors (Lipinski definition) is 1. The van der Waals surface area contributed by atoms with E-state index in [9.17, 15) is 4.79 Å². The lowest BCUT2D eigenvalue weighted by Crippen LogP contribution is -2.37. The van der Waals surface area contributed by atoms with E-state index in [1.807, 2.05) is 53.4 Å². The third-order valence-corrected chi connectivity index (χ3v) is 4.12. The predicted octanol–water partition coefficient (Wildman–Crippen LogP) is 4.16. The van der Waals surface area contributed by atoms with Crippen molar-refractivity contribution in [1.29, 1.82) is 0 Å². The first-order valence-corrected chi connectivity index (χ1v) is 7.69. The maximum absolute atomic E-state index is 12.3. The Balaban J connectivity index is 1.71. The van der Waals surface area contributed by atoms with Gasteiger partial charge in [0.1, 0.15) is 0 Å². The van der Waals surface area contributed by atoms with E-state index in [-0.39, 0.29) is 5.78 Å². The minimum Gasteiger partial charge on any atom is -0.287 e. The highest BCUT2D eigenvalue weighted by Crippen LogP contribution is 2.21. The lowest BCUT2D eigenvalue weighted by molar-refractivity contribution is -0.681. The third-order valence-electron chi connectivity index (χ3n) is 4.12. The highest BCUT2D eigenvalue weighted by molar-refractivity contribution is 5.97. The summed E-state index contributed by atoms with van der Waals surface area (Å²) in [6.07, 6.45) is 4.01. The molecule has 0 atom stereocenters. The van der Waals surface area contributed by atoms with Crippen LogP contribution in [-0.2, 0) is 6.54 Å². The van der Waals surface area contributed by atoms with Gasteiger partial charge in [0, 0.05) is 17.0 Å². The quantitative estimate of drug-likeness (QED) is 0.316. The second-order valence-corrected chi connectivity index (χ2v) is 5.73. The van der Waals surface area contributed by atoms with E-state index in [1.165, 1.54) is 16.2 Å². The number of nitrogens with zero attached hydrogens (tertiary/aromatic N) is 1. The Hall–Kier alpha value is -3.00. The summed E-state index contributed by atoms with van der Waals surface area (Å²) in [7, 11) is 0. The van der Waals surface area contributed by atoms with Crippen molar-refractivity contribution in [3.05, 3.63) is 90.8 Å². The molecule has 2 nitrogen and oxygen atoms in total. The van der Waals surface area contributed by atoms with Crippen molar-refractivity contribution in [2.75, 3.05) is 0 Å². The van der Waals surface area contributed by atoms with Crippen LogP contribution in [-0.4, -0.2) is 5.78 Å². The average Bonchev–Trinajstić information content (AvgIpc) is 2.60. The molecule has 23 heavy (non-hydrogen) atoms. The molecule has 1 aromatic heterocycles. The van der Waals surface area contributed by atoms with Gasteiger partial charge in [-0.2, -0.15) is 4.57 Å². The van der Waals surface area contributed by atoms with E-state index < -0.39 is 0 Å². The SMILES string of the molecule is O=C(C[n+]1ccc2cc3ccccc3cc2c1)c1ccccc1. The fourth-order valence-electron chi connectivity index (χ4n) is 2.91. The van der Waals surface area contributed by atoms with Gasteiger partial charge in [-0.1, -0.05) is 54.6 Å². The second kappa shape index (κ2) is 5.65. The van der Waals surface area contributed by atoms with Crippen LogP contribution in [0.5, 0.6) is 0 Å². The fourth-order valence-corrected chi connectivity index (χ4v) is 2.91. The van der Waals surface area contributed by atoms with Crippen molar-refractivity contribution < 1.29 is 9.36 Å². The van der Waals surface area contributed by atoms with Crippen molar-refractivity contribution in [3.63, 3.8) is 0 Å². The second-order valence-electron chi connectivity index (χ2n) is 5.73. The van der Waals surface area contributed by atoms with Crippen molar-refractivity contribution in [2.24, 2.45) is 0 Å². The molecule has 0 radical (unpaired) electrons. The fraction of sp³-hybridized carbons (Fsp3) is 0.0476. The Morgan fingerprint density at radius 3 is 2.09 bits per heavy atom. The molecule has 0 fully saturated rings. The summed E-state index contributed by atoms with van der Waals surface area (Å²) in [4.78, 5) is 12.3. The van der Waals surface area contributed by atoms with Gasteiger partial charge in [-0.3, -0.25) is 4.79 Å². The average molecular weight is 298 g/mol. The van der Waals surface area contributed by atoms with Crippen molar-refractivity contribution in [2.45, 2.75) is 6.54 Å². The van der Waals surface area contributed by atoms with Crippen molar-refractivity contribution >= 4 is 27.3 Å². The van der Waals surface area contributed by atoms with Gasteiger partial charge in [0.05, 0.1) is 0 Å². The topological polar surface area (TPSA) is 20.9 Å². The molecular weight excluding hydrogens is 282 g/mol. The maximum Gasteiger partial charge on any atom is 0.227 e. The summed E-state index contributed by atoms with van der Waals surface area (Å²) in [5.41, 5.74) is 0.749. The van der Waals surface area contributed by atoms with Crippen LogP contribution >= 0.6 is 0 Å². The molecule has 0 aliphatic heterocycles. The first-order chi connectivity index (χ1) is 11.3. The molecule has 0 amide bonds. The Morgan fingerprint density at radius 2 is 1.35 bits per heavy atom. The van der Waals surface area contributed by atoms with Gasteiger partial charge in [-0.25, -0.2) is 0 Å². The number of pyridine rings is 1. The van der Waals surface area contributed by atoms with Gasteiger partial charge in [0.15, 0.2) is 12.4 Å². The highest BCUT2D eigenvalue weighted by atomic mass is 16.1. The predicted molar refractivity (Wildman–Crippen MR) is 92.4 cm³/mol. The number of carbonyl (C=O) groups excluding carboxylic acids is 1. The van der Waals surface area contributed by atoms with Crippen LogP contribution in [0.4, 0.5) is 0 Å². The van der Waals surface area contributed by atoms with E-state index in [2.05, 4.69) is 36.4 Å². The molecule has 4 rings (SSSR count). The summed E-state index contributed by atoms with van der Waals surface area (Å²) in [6.45, 7) is 0.354. The zero-order valence-corrected chi connectivity index (χ0v) is 12.6. The number of rotatable bonds is 3. The summed E-state index contributed by atoms with van der Waals surface area (Å²) < 4.78 is 1.95. The third kappa shape index (κ3) is 2.71. The van der Waals surface area contributed by atoms with Crippen LogP contribution < -0.4 is 4.57 Å². The minimum absolute atomic E-state index is 0.121. The van der Waals surface area contributed by atoms with Gasteiger partial charge < -0.3 is 0 Å². The number of hydrogen-bond donors (Lipinski definition) is 0. The largest absolute Gasteiger partial charge is 0.287 e. The van der Waals surface area contributed by atoms with Crippen LogP contribution in [0.15, 0.2) is 85.2 Å². The molecule has 0 bridgehead atoms. The number of carbonyl (C=O) groups is 1. The lowest BCUT2D eigenvalue weighted by atomic mass is 10.1. The Bertz CT molecular complexity index is 1010. The molecule has 4 aromatic rings. The molecule has 0 aliphatic rings. The van der Waals surface area contributed by atoms with Crippen LogP contribution in [0.3, 0.4) is 0 Å². The summed E-state index contributed by atoms with van der Waals surface area (Å²) in [5, 5.41) is 4.78. The minimum atomic E-state index is 0.121. The zero-order valence-electron chi connectivity index (χ0n) is 12.6. The Kier molecular flexibility index (Phi) is 3.35. The molecule has 3 aromatic carbocycles. The summed E-state index contributed by atoms with van der Waals surface area (Å²) >= 11 is 0. The maximum atomic E-state index is 12.3. The number of aromatic nitrogens is 1. The number of Topliss-reactive ketones (excluding diaryl/α,β-unsaturated/α-hetero) is 1. The van der Waals surface area contributed by atoms with E-state index in [0.29, 0.717) is 6.54 Å². The van der Waals surface area contributed by atoms with Crippen molar-refractivity contribution in [3.8, 4) is 0 Å². The van der Waals surface area contributed by atoms with Crippen LogP contribution in [0, 0.1) is 0 Å². The normalized spacial score (nSPS) is 11.0. The first-order valence-electron chi connectivity index (χ1n) is 7.69. The van der Waals surface area contributed by atoms with Crippen LogP contribution in [0.2, 0.25) is 0 Å². The molecular formula is C21H16NO+. The van der Waals surface area contributed by atoms with Crippen LogP contribution in [0.1, 0.15) is 10.4 Å². The lowest BCUT2D eigenvalue weighted by Gasteiger charge is -2.02. The summed E-state index contributed by atoms with van der Waals surface area (Å²) in [6, 6.07) is 24.2. The zero-order chi connectivity index (χ0) is 15.6. The van der Waals surface area contributed by atoms with Gasteiger partial charge in [-0.05, 0) is 28.3 Å². The Morgan fingerprint density at radius 1 is 0.739 bits per heavy atom. The molecule has 1 heterocycles. The van der Waals surface area contributed by atoms with Crippen molar-refractivity contribution in [1.82, 2.24) is 0 Å². The van der Waals surface area contributed by atoms with Gasteiger partial charge in [0.2, 0.25) is 12.3 Å². The standard InChI is InChI=1S/C21H16NO/c23-21(16-6-2-1-3-7-16)15-22-11-10-19-12-17-8-4-5-9-18(17)13-20(19)14-22/h1-14H,15H2/q+1. The van der Waals surface area contributed by atoms with Crippen LogP contribution in [0.25, 0.3) is 21.5 Å². The molecule has 0 saturated carbocycles. The Labute approximate surface area is 134 Å². The van der Waals surface area contributed by atoms with E-state index in [0.717, 1.165) is 10.9 Å². The highest BCUT2D eigenvalue weighted by Gasteiger charge is 2.12. The number of benzene rings is 3.